The lowest BCUT2D eigenvalue weighted by atomic mass is 9.66. The molecule has 1 fully saturated rings. The number of aromatic hydroxyl groups is 1. The van der Waals surface area contributed by atoms with E-state index in [1.807, 2.05) is 12.1 Å². The van der Waals surface area contributed by atoms with Gasteiger partial charge in [0.25, 0.3) is 0 Å². The maximum Gasteiger partial charge on any atom is 0.133 e. The predicted molar refractivity (Wildman–Crippen MR) is 88.9 cm³/mol. The molecule has 2 nitrogen and oxygen atoms in total. The predicted octanol–water partition coefficient (Wildman–Crippen LogP) is 4.66. The van der Waals surface area contributed by atoms with Crippen LogP contribution in [0, 0.1) is 11.3 Å². The zero-order valence-electron chi connectivity index (χ0n) is 13.0. The smallest absolute Gasteiger partial charge is 0.133 e. The molecule has 3 atom stereocenters. The topological polar surface area (TPSA) is 37.3 Å². The van der Waals surface area contributed by atoms with E-state index in [2.05, 4.69) is 31.2 Å². The van der Waals surface area contributed by atoms with E-state index in [4.69, 9.17) is 0 Å². The summed E-state index contributed by atoms with van der Waals surface area (Å²) < 4.78 is 0. The number of phenols is 1. The highest BCUT2D eigenvalue weighted by atomic mass is 16.3. The van der Waals surface area contributed by atoms with Gasteiger partial charge in [-0.3, -0.25) is 4.79 Å². The number of allylic oxidation sites excluding steroid dienone is 1. The number of benzene rings is 2. The minimum Gasteiger partial charge on any atom is -0.508 e. The van der Waals surface area contributed by atoms with Crippen molar-refractivity contribution in [3.8, 4) is 5.75 Å². The summed E-state index contributed by atoms with van der Waals surface area (Å²) in [5, 5.41) is 11.9. The van der Waals surface area contributed by atoms with Gasteiger partial charge in [0, 0.05) is 11.3 Å². The van der Waals surface area contributed by atoms with E-state index in [0.29, 0.717) is 17.5 Å². The average Bonchev–Trinajstić information content (AvgIpc) is 2.84. The lowest BCUT2D eigenvalue weighted by Gasteiger charge is -2.37. The number of carbonyl (C=O) groups excluding carboxylic acids is 1. The highest BCUT2D eigenvalue weighted by Gasteiger charge is 2.49. The van der Waals surface area contributed by atoms with Crippen LogP contribution in [0.2, 0.25) is 0 Å². The van der Waals surface area contributed by atoms with Crippen molar-refractivity contribution in [3.63, 3.8) is 0 Å². The summed E-state index contributed by atoms with van der Waals surface area (Å²) in [6.07, 6.45) is 6.49. The largest absolute Gasteiger partial charge is 0.508 e. The Morgan fingerprint density at radius 3 is 2.82 bits per heavy atom. The van der Waals surface area contributed by atoms with Crippen LogP contribution in [0.4, 0.5) is 0 Å². The normalized spacial score (nSPS) is 29.4. The van der Waals surface area contributed by atoms with Gasteiger partial charge in [-0.25, -0.2) is 0 Å². The zero-order chi connectivity index (χ0) is 15.5. The van der Waals surface area contributed by atoms with Crippen molar-refractivity contribution in [3.05, 3.63) is 47.5 Å². The highest BCUT2D eigenvalue weighted by Crippen LogP contribution is 2.57. The van der Waals surface area contributed by atoms with Crippen LogP contribution in [0.25, 0.3) is 16.8 Å². The molecule has 22 heavy (non-hydrogen) atoms. The first-order valence-electron chi connectivity index (χ1n) is 7.96. The first-order valence-corrected chi connectivity index (χ1v) is 7.96. The summed E-state index contributed by atoms with van der Waals surface area (Å²) >= 11 is 0. The lowest BCUT2D eigenvalue weighted by molar-refractivity contribution is -0.122. The molecule has 2 aromatic carbocycles. The van der Waals surface area contributed by atoms with Crippen molar-refractivity contribution in [1.82, 2.24) is 0 Å². The third-order valence-corrected chi connectivity index (χ3v) is 5.80. The SMILES string of the molecule is CC(=O)[C@H]1CC[C@H]2c3ccc4cc(O)ccc4c3C=C[C@]12C. The molecule has 0 amide bonds. The number of Topliss-reactive ketones (excluding diaryl/α,β-unsaturated/α-hetero) is 1. The van der Waals surface area contributed by atoms with Gasteiger partial charge >= 0.3 is 0 Å². The minimum absolute atomic E-state index is 0.0522. The molecule has 112 valence electrons. The van der Waals surface area contributed by atoms with Crippen molar-refractivity contribution in [1.29, 1.82) is 0 Å². The Morgan fingerprint density at radius 2 is 2.05 bits per heavy atom. The summed E-state index contributed by atoms with van der Waals surface area (Å²) in [7, 11) is 0. The maximum absolute atomic E-state index is 12.0. The average molecular weight is 292 g/mol. The Bertz CT molecular complexity index is 818. The van der Waals surface area contributed by atoms with Gasteiger partial charge < -0.3 is 5.11 Å². The monoisotopic (exact) mass is 292 g/mol. The summed E-state index contributed by atoms with van der Waals surface area (Å²) in [4.78, 5) is 12.0. The molecule has 2 aromatic rings. The fourth-order valence-corrected chi connectivity index (χ4v) is 4.67. The number of fused-ring (bicyclic) bond motifs is 5. The van der Waals surface area contributed by atoms with E-state index in [-0.39, 0.29) is 11.3 Å². The number of phenolic OH excluding ortho intramolecular Hbond substituents is 1. The van der Waals surface area contributed by atoms with Gasteiger partial charge in [-0.15, -0.1) is 0 Å². The lowest BCUT2D eigenvalue weighted by Crippen LogP contribution is -2.31. The van der Waals surface area contributed by atoms with E-state index in [1.165, 1.54) is 16.5 Å². The second-order valence-corrected chi connectivity index (χ2v) is 6.97. The molecule has 4 rings (SSSR count). The number of hydrogen-bond acceptors (Lipinski definition) is 2. The van der Waals surface area contributed by atoms with Crippen LogP contribution in [0.1, 0.15) is 43.7 Å². The third-order valence-electron chi connectivity index (χ3n) is 5.80. The zero-order valence-corrected chi connectivity index (χ0v) is 13.0. The van der Waals surface area contributed by atoms with Gasteiger partial charge in [-0.05, 0) is 59.7 Å². The van der Waals surface area contributed by atoms with E-state index >= 15 is 0 Å². The van der Waals surface area contributed by atoms with E-state index in [9.17, 15) is 9.90 Å². The van der Waals surface area contributed by atoms with Crippen LogP contribution >= 0.6 is 0 Å². The quantitative estimate of drug-likeness (QED) is 0.830. The van der Waals surface area contributed by atoms with Crippen LogP contribution in [0.3, 0.4) is 0 Å². The van der Waals surface area contributed by atoms with Crippen molar-refractivity contribution < 1.29 is 9.90 Å². The number of ketones is 1. The van der Waals surface area contributed by atoms with Crippen LogP contribution < -0.4 is 0 Å². The molecule has 0 radical (unpaired) electrons. The molecule has 2 aliphatic rings. The van der Waals surface area contributed by atoms with E-state index in [0.717, 1.165) is 18.2 Å². The molecule has 2 aliphatic carbocycles. The summed E-state index contributed by atoms with van der Waals surface area (Å²) in [5.74, 6) is 1.16. The molecule has 0 saturated heterocycles. The molecule has 0 heterocycles. The van der Waals surface area contributed by atoms with Gasteiger partial charge in [0.05, 0.1) is 0 Å². The molecule has 0 unspecified atom stereocenters. The van der Waals surface area contributed by atoms with Gasteiger partial charge in [0.1, 0.15) is 11.5 Å². The summed E-state index contributed by atoms with van der Waals surface area (Å²) in [6, 6.07) is 9.83. The second kappa shape index (κ2) is 4.45. The Morgan fingerprint density at radius 1 is 1.23 bits per heavy atom. The fraction of sp³-hybridized carbons (Fsp3) is 0.350. The maximum atomic E-state index is 12.0. The van der Waals surface area contributed by atoms with E-state index in [1.54, 1.807) is 13.0 Å². The Hall–Kier alpha value is -2.09. The second-order valence-electron chi connectivity index (χ2n) is 6.97. The van der Waals surface area contributed by atoms with E-state index < -0.39 is 0 Å². The number of rotatable bonds is 1. The third kappa shape index (κ3) is 1.70. The van der Waals surface area contributed by atoms with Crippen molar-refractivity contribution in [2.75, 3.05) is 0 Å². The summed E-state index contributed by atoms with van der Waals surface area (Å²) in [5.41, 5.74) is 2.56. The molecular formula is C20H20O2. The van der Waals surface area contributed by atoms with Crippen molar-refractivity contribution in [2.45, 2.75) is 32.6 Å². The Kier molecular flexibility index (Phi) is 2.75. The first kappa shape index (κ1) is 13.6. The molecule has 1 saturated carbocycles. The highest BCUT2D eigenvalue weighted by molar-refractivity contribution is 5.94. The fourth-order valence-electron chi connectivity index (χ4n) is 4.67. The Balaban J connectivity index is 1.92. The molecular weight excluding hydrogens is 272 g/mol. The molecule has 1 N–H and O–H groups in total. The molecule has 0 aromatic heterocycles. The van der Waals surface area contributed by atoms with Gasteiger partial charge in [0.2, 0.25) is 0 Å². The molecule has 0 bridgehead atoms. The number of hydrogen-bond donors (Lipinski definition) is 1. The van der Waals surface area contributed by atoms with Crippen molar-refractivity contribution in [2.24, 2.45) is 11.3 Å². The standard InChI is InChI=1S/C20H20O2/c1-12(21)18-7-8-19-17-5-3-13-11-14(22)4-6-15(13)16(17)9-10-20(18,19)2/h3-6,9-11,18-19,22H,7-8H2,1-2H3/t18-,19+,20-/m1/s1. The van der Waals surface area contributed by atoms with Crippen LogP contribution in [-0.4, -0.2) is 10.9 Å². The van der Waals surface area contributed by atoms with Gasteiger partial charge in [-0.2, -0.15) is 0 Å². The van der Waals surface area contributed by atoms with Crippen LogP contribution in [-0.2, 0) is 4.79 Å². The van der Waals surface area contributed by atoms with Gasteiger partial charge in [-0.1, -0.05) is 37.3 Å². The van der Waals surface area contributed by atoms with Gasteiger partial charge in [0.15, 0.2) is 0 Å². The Labute approximate surface area is 130 Å². The summed E-state index contributed by atoms with van der Waals surface area (Å²) in [6.45, 7) is 3.96. The molecule has 2 heteroatoms. The minimum atomic E-state index is -0.0522. The first-order chi connectivity index (χ1) is 10.5. The van der Waals surface area contributed by atoms with Crippen molar-refractivity contribution >= 4 is 22.6 Å². The number of carbonyl (C=O) groups is 1. The van der Waals surface area contributed by atoms with Crippen LogP contribution in [0.15, 0.2) is 36.4 Å². The van der Waals surface area contributed by atoms with Crippen LogP contribution in [0.5, 0.6) is 5.75 Å². The molecule has 0 aliphatic heterocycles. The molecule has 0 spiro atoms.